The molecule has 36 heavy (non-hydrogen) atoms. The molecule has 3 aliphatic heterocycles. The van der Waals surface area contributed by atoms with E-state index in [0.717, 1.165) is 40.8 Å². The number of amides is 2. The van der Waals surface area contributed by atoms with E-state index in [-0.39, 0.29) is 11.6 Å². The van der Waals surface area contributed by atoms with Crippen LogP contribution in [0.5, 0.6) is 0 Å². The highest BCUT2D eigenvalue weighted by Crippen LogP contribution is 2.57. The molecular weight excluding hydrogens is 540 g/mol. The molecule has 3 aromatic rings. The lowest BCUT2D eigenvalue weighted by molar-refractivity contribution is -0.962. The highest BCUT2D eigenvalue weighted by molar-refractivity contribution is 9.10. The van der Waals surface area contributed by atoms with Crippen LogP contribution in [0.25, 0.3) is 16.9 Å². The zero-order valence-corrected chi connectivity index (χ0v) is 23.9. The molecule has 192 valence electrons. The van der Waals surface area contributed by atoms with E-state index >= 15 is 0 Å². The van der Waals surface area contributed by atoms with Gasteiger partial charge in [-0.3, -0.25) is 0 Å². The van der Waals surface area contributed by atoms with Gasteiger partial charge in [0, 0.05) is 49.0 Å². The zero-order valence-electron chi connectivity index (χ0n) is 21.6. The Morgan fingerprint density at radius 1 is 1.19 bits per heavy atom. The Balaban J connectivity index is 1.34. The monoisotopic (exact) mass is 573 g/mol. The van der Waals surface area contributed by atoms with Gasteiger partial charge in [0.1, 0.15) is 11.4 Å². The van der Waals surface area contributed by atoms with Crippen LogP contribution in [0.1, 0.15) is 53.9 Å². The summed E-state index contributed by atoms with van der Waals surface area (Å²) in [6.45, 7) is 12.5. The van der Waals surface area contributed by atoms with Gasteiger partial charge in [0.15, 0.2) is 5.65 Å². The van der Waals surface area contributed by atoms with Crippen molar-refractivity contribution in [2.45, 2.75) is 71.5 Å². The molecule has 0 spiro atoms. The number of fused-ring (bicyclic) bond motifs is 4. The summed E-state index contributed by atoms with van der Waals surface area (Å²) in [4.78, 5) is 18.6. The first-order chi connectivity index (χ1) is 17.0. The second-order valence-electron chi connectivity index (χ2n) is 11.6. The maximum atomic E-state index is 13.8. The first-order valence-corrected chi connectivity index (χ1v) is 13.9. The number of quaternary nitrogens is 1. The van der Waals surface area contributed by atoms with Crippen LogP contribution in [0, 0.1) is 5.41 Å². The van der Waals surface area contributed by atoms with Gasteiger partial charge in [-0.1, -0.05) is 36.7 Å². The predicted octanol–water partition coefficient (Wildman–Crippen LogP) is 6.51. The molecule has 1 aromatic carbocycles. The van der Waals surface area contributed by atoms with E-state index in [1.54, 1.807) is 10.7 Å². The van der Waals surface area contributed by atoms with E-state index in [1.807, 2.05) is 30.3 Å². The molecule has 2 unspecified atom stereocenters. The van der Waals surface area contributed by atoms with Crippen molar-refractivity contribution in [2.75, 3.05) is 18.4 Å². The topological polar surface area (TPSA) is 71.3 Å². The molecule has 6 rings (SSSR count). The Morgan fingerprint density at radius 3 is 2.56 bits per heavy atom. The number of hydrogen-bond acceptors (Lipinski definition) is 4. The van der Waals surface area contributed by atoms with E-state index in [1.165, 1.54) is 0 Å². The lowest BCUT2D eigenvalue weighted by atomic mass is 9.59. The molecule has 3 fully saturated rings. The molecule has 2 aromatic heterocycles. The van der Waals surface area contributed by atoms with Crippen molar-refractivity contribution in [3.05, 3.63) is 46.0 Å². The third kappa shape index (κ3) is 3.92. The standard InChI is InChI=1S/C27H34BrClN6O/c1-17-13-27(5)14-18(2)35(17,26(3,4)16-27)25(36)31-11-10-30-23-12-22(19-8-6-7-9-21(19)29)33-24-20(28)15-32-34(23)24/h6-9,12,15,17-18H,10-11,13-14,16H2,1-5H3,(H-,30,31,32,33,36)/p+1/t17-,18+,27?,35?. The van der Waals surface area contributed by atoms with Crippen molar-refractivity contribution < 1.29 is 9.28 Å². The summed E-state index contributed by atoms with van der Waals surface area (Å²) in [5.74, 6) is 0.788. The predicted molar refractivity (Wildman–Crippen MR) is 148 cm³/mol. The van der Waals surface area contributed by atoms with Crippen LogP contribution in [0.3, 0.4) is 0 Å². The maximum Gasteiger partial charge on any atom is 0.417 e. The van der Waals surface area contributed by atoms with Crippen LogP contribution in [-0.2, 0) is 0 Å². The van der Waals surface area contributed by atoms with Crippen molar-refractivity contribution in [2.24, 2.45) is 5.41 Å². The van der Waals surface area contributed by atoms with Crippen LogP contribution < -0.4 is 10.6 Å². The lowest BCUT2D eigenvalue weighted by Gasteiger charge is -2.66. The van der Waals surface area contributed by atoms with Gasteiger partial charge in [-0.25, -0.2) is 14.3 Å². The van der Waals surface area contributed by atoms with Gasteiger partial charge in [0.05, 0.1) is 28.4 Å². The Labute approximate surface area is 226 Å². The summed E-state index contributed by atoms with van der Waals surface area (Å²) in [5.41, 5.74) is 2.55. The molecule has 2 bridgehead atoms. The molecule has 2 amide bonds. The van der Waals surface area contributed by atoms with Gasteiger partial charge >= 0.3 is 6.03 Å². The summed E-state index contributed by atoms with van der Waals surface area (Å²) in [7, 11) is 0. The molecule has 5 heterocycles. The second-order valence-corrected chi connectivity index (χ2v) is 12.8. The first-order valence-electron chi connectivity index (χ1n) is 12.7. The number of hydrogen-bond donors (Lipinski definition) is 2. The first kappa shape index (κ1) is 25.5. The highest BCUT2D eigenvalue weighted by Gasteiger charge is 2.67. The van der Waals surface area contributed by atoms with Crippen LogP contribution >= 0.6 is 27.5 Å². The number of piperidine rings is 3. The normalized spacial score (nSPS) is 28.9. The van der Waals surface area contributed by atoms with E-state index in [0.29, 0.717) is 45.7 Å². The highest BCUT2D eigenvalue weighted by atomic mass is 79.9. The average Bonchev–Trinajstić information content (AvgIpc) is 3.16. The number of urea groups is 1. The molecule has 7 nitrogen and oxygen atoms in total. The van der Waals surface area contributed by atoms with E-state index in [2.05, 4.69) is 66.3 Å². The molecular formula is C27H35BrClN6O+. The lowest BCUT2D eigenvalue weighted by Crippen LogP contribution is -2.81. The number of nitrogens with zero attached hydrogens (tertiary/aromatic N) is 4. The second kappa shape index (κ2) is 8.99. The number of carbonyl (C=O) groups excluding carboxylic acids is 1. The molecule has 0 radical (unpaired) electrons. The summed E-state index contributed by atoms with van der Waals surface area (Å²) in [5, 5.41) is 11.8. The van der Waals surface area contributed by atoms with E-state index in [4.69, 9.17) is 16.6 Å². The summed E-state index contributed by atoms with van der Waals surface area (Å²) in [6.07, 6.45) is 5.00. The third-order valence-electron chi connectivity index (χ3n) is 8.45. The van der Waals surface area contributed by atoms with Gasteiger partial charge in [0.2, 0.25) is 0 Å². The zero-order chi connectivity index (χ0) is 25.9. The smallest absolute Gasteiger partial charge is 0.368 e. The SMILES string of the molecule is C[C@@H]1CC2(C)C[C@H](C)[N+]1(C(=O)NCCNc1cc(-c3ccccc3Cl)nc3c(Br)cnn13)C(C)(C)C2. The molecule has 0 saturated carbocycles. The fraction of sp³-hybridized carbons (Fsp3) is 0.519. The molecule has 4 atom stereocenters. The van der Waals surface area contributed by atoms with E-state index in [9.17, 15) is 4.79 Å². The van der Waals surface area contributed by atoms with Gasteiger partial charge in [0.25, 0.3) is 0 Å². The van der Waals surface area contributed by atoms with Gasteiger partial charge in [-0.2, -0.15) is 9.61 Å². The minimum atomic E-state index is -0.0932. The molecule has 3 saturated heterocycles. The Hall–Kier alpha value is -2.16. The number of nitrogens with one attached hydrogen (secondary N) is 2. The number of halogens is 2. The third-order valence-corrected chi connectivity index (χ3v) is 9.34. The van der Waals surface area contributed by atoms with Gasteiger partial charge < -0.3 is 10.6 Å². The fourth-order valence-electron chi connectivity index (χ4n) is 7.78. The van der Waals surface area contributed by atoms with Gasteiger partial charge in [-0.05, 0) is 55.1 Å². The molecule has 3 aliphatic rings. The number of anilines is 1. The van der Waals surface area contributed by atoms with Crippen molar-refractivity contribution in [3.63, 3.8) is 0 Å². The van der Waals surface area contributed by atoms with Crippen molar-refractivity contribution in [1.82, 2.24) is 19.9 Å². The maximum absolute atomic E-state index is 13.8. The van der Waals surface area contributed by atoms with Gasteiger partial charge in [-0.15, -0.1) is 0 Å². The number of carbonyl (C=O) groups is 1. The Kier molecular flexibility index (Phi) is 6.37. The van der Waals surface area contributed by atoms with E-state index < -0.39 is 0 Å². The van der Waals surface area contributed by atoms with Crippen LogP contribution in [0.2, 0.25) is 5.02 Å². The summed E-state index contributed by atoms with van der Waals surface area (Å²) >= 11 is 10.0. The number of aromatic nitrogens is 3. The quantitative estimate of drug-likeness (QED) is 0.269. The number of rotatable bonds is 5. The van der Waals surface area contributed by atoms with Crippen LogP contribution in [-0.4, -0.2) is 55.8 Å². The molecule has 9 heteroatoms. The molecule has 0 aliphatic carbocycles. The Bertz CT molecular complexity index is 1310. The van der Waals surface area contributed by atoms with Crippen molar-refractivity contribution in [1.29, 1.82) is 0 Å². The fourth-order valence-corrected chi connectivity index (χ4v) is 8.36. The van der Waals surface area contributed by atoms with Crippen molar-refractivity contribution in [3.8, 4) is 11.3 Å². The van der Waals surface area contributed by atoms with Crippen LogP contribution in [0.4, 0.5) is 10.6 Å². The van der Waals surface area contributed by atoms with Crippen molar-refractivity contribution >= 4 is 45.0 Å². The summed E-state index contributed by atoms with van der Waals surface area (Å²) in [6, 6.07) is 10.3. The minimum Gasteiger partial charge on any atom is -0.368 e. The number of benzene rings is 1. The average molecular weight is 575 g/mol. The largest absolute Gasteiger partial charge is 0.417 e. The minimum absolute atomic E-state index is 0.0932. The molecule has 2 N–H and O–H groups in total. The van der Waals surface area contributed by atoms with Crippen LogP contribution in [0.15, 0.2) is 41.0 Å². The summed E-state index contributed by atoms with van der Waals surface area (Å²) < 4.78 is 3.08. The Morgan fingerprint density at radius 2 is 1.89 bits per heavy atom.